The molecule has 2 rings (SSSR count). The largest absolute Gasteiger partial charge is 0.396 e. The van der Waals surface area contributed by atoms with Crippen LogP contribution in [0.4, 0.5) is 0 Å². The SMILES string of the molecule is Cc1cccc2c1C=C(C(C)CC(=N)CCO)NC2. The normalized spacial score (nSPS) is 15.2. The number of fused-ring (bicyclic) bond motifs is 1. The molecule has 0 aliphatic carbocycles. The number of nitrogens with one attached hydrogen (secondary N) is 2. The molecule has 19 heavy (non-hydrogen) atoms. The third-order valence-electron chi connectivity index (χ3n) is 3.69. The van der Waals surface area contributed by atoms with Gasteiger partial charge in [0.25, 0.3) is 0 Å². The molecule has 1 atom stereocenters. The van der Waals surface area contributed by atoms with E-state index < -0.39 is 0 Å². The Morgan fingerprint density at radius 1 is 1.47 bits per heavy atom. The highest BCUT2D eigenvalue weighted by Gasteiger charge is 2.16. The summed E-state index contributed by atoms with van der Waals surface area (Å²) in [5, 5.41) is 20.1. The van der Waals surface area contributed by atoms with Crippen molar-refractivity contribution in [1.82, 2.24) is 5.32 Å². The lowest BCUT2D eigenvalue weighted by molar-refractivity contribution is 0.306. The zero-order chi connectivity index (χ0) is 13.8. The standard InChI is InChI=1S/C16H22N2O/c1-11-4-3-5-13-10-18-16(9-15(11)13)12(2)8-14(17)6-7-19/h3-5,9,12,17-19H,6-8,10H2,1-2H3. The molecule has 1 aliphatic rings. The number of hydrogen-bond donors (Lipinski definition) is 3. The van der Waals surface area contributed by atoms with E-state index in [9.17, 15) is 0 Å². The van der Waals surface area contributed by atoms with Crippen molar-refractivity contribution in [3.05, 3.63) is 40.6 Å². The van der Waals surface area contributed by atoms with Gasteiger partial charge >= 0.3 is 0 Å². The highest BCUT2D eigenvalue weighted by atomic mass is 16.3. The van der Waals surface area contributed by atoms with Crippen LogP contribution in [0.3, 0.4) is 0 Å². The molecule has 0 aromatic heterocycles. The Morgan fingerprint density at radius 2 is 2.26 bits per heavy atom. The van der Waals surface area contributed by atoms with Crippen LogP contribution in [0.15, 0.2) is 23.9 Å². The van der Waals surface area contributed by atoms with E-state index in [-0.39, 0.29) is 6.61 Å². The van der Waals surface area contributed by atoms with Crippen molar-refractivity contribution >= 4 is 11.8 Å². The molecule has 1 heterocycles. The monoisotopic (exact) mass is 258 g/mol. The summed E-state index contributed by atoms with van der Waals surface area (Å²) in [6, 6.07) is 6.38. The van der Waals surface area contributed by atoms with E-state index in [0.29, 0.717) is 24.5 Å². The third kappa shape index (κ3) is 3.24. The zero-order valence-corrected chi connectivity index (χ0v) is 11.7. The van der Waals surface area contributed by atoms with Crippen LogP contribution in [-0.2, 0) is 6.54 Å². The number of allylic oxidation sites excluding steroid dienone is 1. The molecule has 0 saturated carbocycles. The van der Waals surface area contributed by atoms with Gasteiger partial charge in [-0.3, -0.25) is 0 Å². The molecular formula is C16H22N2O. The lowest BCUT2D eigenvalue weighted by Gasteiger charge is -2.24. The second kappa shape index (κ2) is 6.02. The van der Waals surface area contributed by atoms with Gasteiger partial charge in [-0.15, -0.1) is 0 Å². The van der Waals surface area contributed by atoms with Gasteiger partial charge in [0.15, 0.2) is 0 Å². The summed E-state index contributed by atoms with van der Waals surface area (Å²) >= 11 is 0. The first-order valence-electron chi connectivity index (χ1n) is 6.83. The summed E-state index contributed by atoms with van der Waals surface area (Å²) in [4.78, 5) is 0. The maximum Gasteiger partial charge on any atom is 0.0483 e. The summed E-state index contributed by atoms with van der Waals surface area (Å²) in [6.07, 6.45) is 3.40. The van der Waals surface area contributed by atoms with E-state index in [1.807, 2.05) is 0 Å². The average Bonchev–Trinajstić information content (AvgIpc) is 2.39. The van der Waals surface area contributed by atoms with Crippen LogP contribution in [0.1, 0.15) is 36.5 Å². The van der Waals surface area contributed by atoms with Gasteiger partial charge in [0, 0.05) is 36.9 Å². The van der Waals surface area contributed by atoms with E-state index >= 15 is 0 Å². The van der Waals surface area contributed by atoms with Gasteiger partial charge in [0.2, 0.25) is 0 Å². The van der Waals surface area contributed by atoms with Crippen LogP contribution in [0.5, 0.6) is 0 Å². The number of aryl methyl sites for hydroxylation is 1. The molecule has 0 radical (unpaired) electrons. The fourth-order valence-electron chi connectivity index (χ4n) is 2.54. The zero-order valence-electron chi connectivity index (χ0n) is 11.7. The predicted octanol–water partition coefficient (Wildman–Crippen LogP) is 2.87. The highest BCUT2D eigenvalue weighted by molar-refractivity contribution is 5.82. The molecule has 0 bridgehead atoms. The average molecular weight is 258 g/mol. The number of aliphatic hydroxyl groups excluding tert-OH is 1. The topological polar surface area (TPSA) is 56.1 Å². The minimum atomic E-state index is 0.0694. The first kappa shape index (κ1) is 13.8. The predicted molar refractivity (Wildman–Crippen MR) is 79.2 cm³/mol. The van der Waals surface area contributed by atoms with E-state index in [4.69, 9.17) is 10.5 Å². The van der Waals surface area contributed by atoms with E-state index in [1.165, 1.54) is 22.4 Å². The molecule has 0 fully saturated rings. The lowest BCUT2D eigenvalue weighted by Crippen LogP contribution is -2.24. The molecule has 3 heteroatoms. The van der Waals surface area contributed by atoms with Gasteiger partial charge in [-0.05, 0) is 36.1 Å². The molecule has 102 valence electrons. The van der Waals surface area contributed by atoms with E-state index in [1.54, 1.807) is 0 Å². The number of rotatable bonds is 5. The Kier molecular flexibility index (Phi) is 4.38. The summed E-state index contributed by atoms with van der Waals surface area (Å²) in [6.45, 7) is 5.20. The molecule has 1 aliphatic heterocycles. The molecule has 1 aromatic carbocycles. The van der Waals surface area contributed by atoms with Crippen molar-refractivity contribution in [3.63, 3.8) is 0 Å². The van der Waals surface area contributed by atoms with Gasteiger partial charge < -0.3 is 15.8 Å². The Bertz CT molecular complexity index is 505. The molecule has 3 N–H and O–H groups in total. The van der Waals surface area contributed by atoms with Crippen LogP contribution in [0.25, 0.3) is 6.08 Å². The Balaban J connectivity index is 2.14. The Hall–Kier alpha value is -1.61. The van der Waals surface area contributed by atoms with Crippen LogP contribution in [0.2, 0.25) is 0 Å². The second-order valence-corrected chi connectivity index (χ2v) is 5.28. The molecule has 1 unspecified atom stereocenters. The molecular weight excluding hydrogens is 236 g/mol. The van der Waals surface area contributed by atoms with Crippen molar-refractivity contribution in [2.24, 2.45) is 5.92 Å². The number of benzene rings is 1. The Labute approximate surface area is 114 Å². The van der Waals surface area contributed by atoms with Crippen molar-refractivity contribution in [2.75, 3.05) is 6.61 Å². The fourth-order valence-corrected chi connectivity index (χ4v) is 2.54. The molecule has 0 spiro atoms. The van der Waals surface area contributed by atoms with Crippen LogP contribution < -0.4 is 5.32 Å². The van der Waals surface area contributed by atoms with E-state index in [0.717, 1.165) is 6.54 Å². The minimum Gasteiger partial charge on any atom is -0.396 e. The first-order chi connectivity index (χ1) is 9.11. The van der Waals surface area contributed by atoms with Crippen molar-refractivity contribution in [3.8, 4) is 0 Å². The summed E-state index contributed by atoms with van der Waals surface area (Å²) in [5.74, 6) is 0.298. The first-order valence-corrected chi connectivity index (χ1v) is 6.83. The van der Waals surface area contributed by atoms with Crippen LogP contribution >= 0.6 is 0 Å². The van der Waals surface area contributed by atoms with Crippen LogP contribution in [0, 0.1) is 18.3 Å². The summed E-state index contributed by atoms with van der Waals surface area (Å²) < 4.78 is 0. The van der Waals surface area contributed by atoms with Gasteiger partial charge in [-0.2, -0.15) is 0 Å². The lowest BCUT2D eigenvalue weighted by atomic mass is 9.92. The molecule has 0 amide bonds. The van der Waals surface area contributed by atoms with Gasteiger partial charge in [-0.1, -0.05) is 25.1 Å². The van der Waals surface area contributed by atoms with Gasteiger partial charge in [0.1, 0.15) is 0 Å². The van der Waals surface area contributed by atoms with Gasteiger partial charge in [0.05, 0.1) is 0 Å². The van der Waals surface area contributed by atoms with Crippen molar-refractivity contribution in [1.29, 1.82) is 5.41 Å². The van der Waals surface area contributed by atoms with Gasteiger partial charge in [-0.25, -0.2) is 0 Å². The fraction of sp³-hybridized carbons (Fsp3) is 0.438. The summed E-state index contributed by atoms with van der Waals surface area (Å²) in [5.41, 5.74) is 5.77. The Morgan fingerprint density at radius 3 is 3.00 bits per heavy atom. The van der Waals surface area contributed by atoms with Crippen LogP contribution in [-0.4, -0.2) is 17.4 Å². The van der Waals surface area contributed by atoms with Crippen molar-refractivity contribution in [2.45, 2.75) is 33.2 Å². The smallest absolute Gasteiger partial charge is 0.0483 e. The maximum absolute atomic E-state index is 8.86. The van der Waals surface area contributed by atoms with Crippen molar-refractivity contribution < 1.29 is 5.11 Å². The molecule has 3 nitrogen and oxygen atoms in total. The molecule has 0 saturated heterocycles. The minimum absolute atomic E-state index is 0.0694. The highest BCUT2D eigenvalue weighted by Crippen LogP contribution is 2.26. The number of hydrogen-bond acceptors (Lipinski definition) is 3. The van der Waals surface area contributed by atoms with E-state index in [2.05, 4.69) is 43.4 Å². The number of aliphatic hydroxyl groups is 1. The maximum atomic E-state index is 8.86. The third-order valence-corrected chi connectivity index (χ3v) is 3.69. The molecule has 1 aromatic rings. The quantitative estimate of drug-likeness (QED) is 0.711. The second-order valence-electron chi connectivity index (χ2n) is 5.28. The summed E-state index contributed by atoms with van der Waals surface area (Å²) in [7, 11) is 0.